The molecule has 1 saturated heterocycles. The summed E-state index contributed by atoms with van der Waals surface area (Å²) in [5.74, 6) is 0.592. The Morgan fingerprint density at radius 3 is 2.29 bits per heavy atom. The topological polar surface area (TPSA) is 105 Å². The Hall–Kier alpha value is -3.07. The number of piperidine rings is 1. The lowest BCUT2D eigenvalue weighted by atomic mass is 9.85. The number of nitrogens with zero attached hydrogens (tertiary/aromatic N) is 2. The molecule has 2 heterocycles. The van der Waals surface area contributed by atoms with Gasteiger partial charge in [0.2, 0.25) is 10.0 Å². The van der Waals surface area contributed by atoms with Crippen LogP contribution in [0.3, 0.4) is 0 Å². The van der Waals surface area contributed by atoms with Gasteiger partial charge in [0.15, 0.2) is 0 Å². The van der Waals surface area contributed by atoms with Gasteiger partial charge in [0.25, 0.3) is 0 Å². The Morgan fingerprint density at radius 1 is 0.865 bits per heavy atom. The maximum Gasteiger partial charge on any atom is 0.243 e. The van der Waals surface area contributed by atoms with Crippen molar-refractivity contribution in [3.63, 3.8) is 0 Å². The molecule has 0 saturated carbocycles. The van der Waals surface area contributed by atoms with Crippen molar-refractivity contribution in [3.05, 3.63) is 89.0 Å². The van der Waals surface area contributed by atoms with E-state index in [4.69, 9.17) is 33.2 Å². The molecule has 2 aliphatic rings. The monoisotopic (exact) mass is 740 g/mol. The van der Waals surface area contributed by atoms with Gasteiger partial charge in [0, 0.05) is 53.0 Å². The van der Waals surface area contributed by atoms with E-state index in [-0.39, 0.29) is 36.6 Å². The van der Waals surface area contributed by atoms with Gasteiger partial charge in [0.1, 0.15) is 12.4 Å². The fourth-order valence-electron chi connectivity index (χ4n) is 6.74. The van der Waals surface area contributed by atoms with Crippen LogP contribution in [0.5, 0.6) is 5.75 Å². The molecule has 0 bridgehead atoms. The predicted octanol–water partition coefficient (Wildman–Crippen LogP) is 5.58. The third-order valence-electron chi connectivity index (χ3n) is 9.51. The Balaban J connectivity index is 1.45. The number of benzene rings is 3. The second-order valence-corrected chi connectivity index (χ2v) is 15.4. The largest absolute Gasteiger partial charge is 0.490 e. The van der Waals surface area contributed by atoms with Gasteiger partial charge >= 0.3 is 0 Å². The van der Waals surface area contributed by atoms with Gasteiger partial charge in [0.05, 0.1) is 68.5 Å². The molecule has 0 aliphatic carbocycles. The highest BCUT2D eigenvalue weighted by atomic mass is 32.2. The van der Waals surface area contributed by atoms with Crippen molar-refractivity contribution in [1.82, 2.24) is 4.31 Å². The summed E-state index contributed by atoms with van der Waals surface area (Å²) in [5, 5.41) is 0. The standard InChI is InChI=1S/C40H56N2O9S/c1-6-48-31(3)27-50-38-25-42(52(43,44)35-15-8-30(2)9-16-35)26-39(40(38)34-13-10-32(11-14-34)28-47-23-22-46-5)51-29-33-12-17-37-36(24-33)41(19-21-49-37)18-7-20-45-4/h8-17,24,31,38-40H,6-7,18-23,25-29H2,1-5H3/t31-,38-,39+,40+/m1/s1. The van der Waals surface area contributed by atoms with Crippen LogP contribution < -0.4 is 9.64 Å². The minimum atomic E-state index is -3.85. The molecule has 3 aromatic rings. The molecule has 5 rings (SSSR count). The average Bonchev–Trinajstić information content (AvgIpc) is 3.15. The summed E-state index contributed by atoms with van der Waals surface area (Å²) in [6.07, 6.45) is -0.271. The smallest absolute Gasteiger partial charge is 0.243 e. The zero-order valence-electron chi connectivity index (χ0n) is 31.3. The van der Waals surface area contributed by atoms with Crippen molar-refractivity contribution in [1.29, 1.82) is 0 Å². The number of sulfonamides is 1. The molecule has 11 nitrogen and oxygen atoms in total. The lowest BCUT2D eigenvalue weighted by Gasteiger charge is -2.43. The maximum atomic E-state index is 14.2. The summed E-state index contributed by atoms with van der Waals surface area (Å²) in [5.41, 5.74) is 5.04. The van der Waals surface area contributed by atoms with Crippen molar-refractivity contribution < 1.29 is 41.6 Å². The van der Waals surface area contributed by atoms with E-state index in [9.17, 15) is 8.42 Å². The Bertz CT molecular complexity index is 1620. The first-order valence-corrected chi connectivity index (χ1v) is 19.7. The number of hydrogen-bond donors (Lipinski definition) is 0. The average molecular weight is 741 g/mol. The summed E-state index contributed by atoms with van der Waals surface area (Å²) >= 11 is 0. The second kappa shape index (κ2) is 19.8. The predicted molar refractivity (Wildman–Crippen MR) is 201 cm³/mol. The highest BCUT2D eigenvalue weighted by Crippen LogP contribution is 2.37. The molecule has 286 valence electrons. The van der Waals surface area contributed by atoms with E-state index in [2.05, 4.69) is 35.2 Å². The van der Waals surface area contributed by atoms with Crippen molar-refractivity contribution in [2.24, 2.45) is 0 Å². The fourth-order valence-corrected chi connectivity index (χ4v) is 8.21. The Labute approximate surface area is 310 Å². The molecule has 0 unspecified atom stereocenters. The third-order valence-corrected chi connectivity index (χ3v) is 11.4. The lowest BCUT2D eigenvalue weighted by molar-refractivity contribution is -0.0988. The molecule has 0 amide bonds. The first-order valence-electron chi connectivity index (χ1n) is 18.3. The van der Waals surface area contributed by atoms with Gasteiger partial charge in [-0.3, -0.25) is 0 Å². The van der Waals surface area contributed by atoms with Crippen LogP contribution in [0.25, 0.3) is 0 Å². The molecular formula is C40H56N2O9S. The van der Waals surface area contributed by atoms with Crippen LogP contribution >= 0.6 is 0 Å². The van der Waals surface area contributed by atoms with E-state index in [1.165, 1.54) is 4.31 Å². The van der Waals surface area contributed by atoms with Gasteiger partial charge < -0.3 is 38.1 Å². The number of methoxy groups -OCH3 is 2. The van der Waals surface area contributed by atoms with Crippen LogP contribution in [0.2, 0.25) is 0 Å². The van der Waals surface area contributed by atoms with Crippen molar-refractivity contribution >= 4 is 15.7 Å². The summed E-state index contributed by atoms with van der Waals surface area (Å²) < 4.78 is 71.2. The van der Waals surface area contributed by atoms with E-state index in [1.807, 2.05) is 45.0 Å². The van der Waals surface area contributed by atoms with Crippen molar-refractivity contribution in [2.45, 2.75) is 69.5 Å². The number of rotatable bonds is 20. The zero-order chi connectivity index (χ0) is 36.9. The van der Waals surface area contributed by atoms with Gasteiger partial charge in [-0.2, -0.15) is 4.31 Å². The molecular weight excluding hydrogens is 685 g/mol. The lowest BCUT2D eigenvalue weighted by Crippen LogP contribution is -2.54. The zero-order valence-corrected chi connectivity index (χ0v) is 32.1. The molecule has 0 radical (unpaired) electrons. The number of aryl methyl sites for hydroxylation is 1. The fraction of sp³-hybridized carbons (Fsp3) is 0.550. The van der Waals surface area contributed by atoms with Crippen molar-refractivity contribution in [2.75, 3.05) is 84.9 Å². The van der Waals surface area contributed by atoms with Gasteiger partial charge in [-0.25, -0.2) is 8.42 Å². The summed E-state index contributed by atoms with van der Waals surface area (Å²) in [6.45, 7) is 11.8. The van der Waals surface area contributed by atoms with Crippen LogP contribution in [-0.2, 0) is 51.7 Å². The molecule has 1 fully saturated rings. The van der Waals surface area contributed by atoms with Gasteiger partial charge in [-0.15, -0.1) is 0 Å². The van der Waals surface area contributed by atoms with Crippen LogP contribution in [0, 0.1) is 6.92 Å². The first kappa shape index (κ1) is 40.1. The van der Waals surface area contributed by atoms with Gasteiger partial charge in [-0.1, -0.05) is 48.0 Å². The molecule has 0 aromatic heterocycles. The van der Waals surface area contributed by atoms with E-state index >= 15 is 0 Å². The minimum absolute atomic E-state index is 0.162. The third kappa shape index (κ3) is 10.8. The molecule has 4 atom stereocenters. The molecule has 52 heavy (non-hydrogen) atoms. The molecule has 2 aliphatic heterocycles. The quantitative estimate of drug-likeness (QED) is 0.137. The summed E-state index contributed by atoms with van der Waals surface area (Å²) in [7, 11) is -0.480. The Kier molecular flexibility index (Phi) is 15.3. The molecule has 3 aromatic carbocycles. The summed E-state index contributed by atoms with van der Waals surface area (Å²) in [6, 6.07) is 21.4. The maximum absolute atomic E-state index is 14.2. The number of ether oxygens (including phenoxy) is 7. The second-order valence-electron chi connectivity index (χ2n) is 13.4. The number of anilines is 1. The normalized spacial score (nSPS) is 20.0. The highest BCUT2D eigenvalue weighted by Gasteiger charge is 2.44. The molecule has 0 spiro atoms. The van der Waals surface area contributed by atoms with E-state index in [1.54, 1.807) is 26.4 Å². The first-order chi connectivity index (χ1) is 25.2. The van der Waals surface area contributed by atoms with Crippen molar-refractivity contribution in [3.8, 4) is 5.75 Å². The van der Waals surface area contributed by atoms with Crippen LogP contribution in [0.1, 0.15) is 48.4 Å². The highest BCUT2D eigenvalue weighted by molar-refractivity contribution is 7.89. The van der Waals surface area contributed by atoms with Gasteiger partial charge in [-0.05, 0) is 68.1 Å². The van der Waals surface area contributed by atoms with E-state index in [0.29, 0.717) is 46.2 Å². The van der Waals surface area contributed by atoms with Crippen LogP contribution in [-0.4, -0.2) is 111 Å². The van der Waals surface area contributed by atoms with E-state index in [0.717, 1.165) is 53.2 Å². The van der Waals surface area contributed by atoms with Crippen LogP contribution in [0.15, 0.2) is 71.6 Å². The number of hydrogen-bond acceptors (Lipinski definition) is 10. The molecule has 12 heteroatoms. The Morgan fingerprint density at radius 2 is 1.58 bits per heavy atom. The van der Waals surface area contributed by atoms with E-state index < -0.39 is 22.2 Å². The molecule has 0 N–H and O–H groups in total. The SMILES string of the molecule is CCO[C@H](C)CO[C@@H]1CN(S(=O)(=O)c2ccc(C)cc2)C[C@H](OCc2ccc3c(c2)N(CCCOC)CCO3)[C@H]1c1ccc(COCCOC)cc1. The summed E-state index contributed by atoms with van der Waals surface area (Å²) in [4.78, 5) is 2.57. The van der Waals surface area contributed by atoms with Crippen LogP contribution in [0.4, 0.5) is 5.69 Å². The number of fused-ring (bicyclic) bond motifs is 1. The minimum Gasteiger partial charge on any atom is -0.490 e.